The highest BCUT2D eigenvalue weighted by Gasteiger charge is 2.18. The van der Waals surface area contributed by atoms with E-state index in [4.69, 9.17) is 4.74 Å². The molecular formula is C21H27FN4O3. The van der Waals surface area contributed by atoms with Crippen LogP contribution >= 0.6 is 0 Å². The summed E-state index contributed by atoms with van der Waals surface area (Å²) in [4.78, 5) is 31.0. The van der Waals surface area contributed by atoms with Crippen molar-refractivity contribution < 1.29 is 18.7 Å². The first-order chi connectivity index (χ1) is 13.6. The molecule has 0 fully saturated rings. The first kappa shape index (κ1) is 22.1. The minimum absolute atomic E-state index is 0.119. The van der Waals surface area contributed by atoms with Gasteiger partial charge < -0.3 is 15.0 Å². The number of carbonyl (C=O) groups is 2. The maximum Gasteiger partial charge on any atom is 0.412 e. The summed E-state index contributed by atoms with van der Waals surface area (Å²) in [7, 11) is 0. The van der Waals surface area contributed by atoms with Crippen molar-refractivity contribution in [3.63, 3.8) is 0 Å². The Kier molecular flexibility index (Phi) is 7.14. The maximum atomic E-state index is 13.7. The summed E-state index contributed by atoms with van der Waals surface area (Å²) < 4.78 is 18.9. The van der Waals surface area contributed by atoms with Gasteiger partial charge in [0.2, 0.25) is 0 Å². The highest BCUT2D eigenvalue weighted by molar-refractivity contribution is 6.06. The lowest BCUT2D eigenvalue weighted by molar-refractivity contribution is 0.0635. The summed E-state index contributed by atoms with van der Waals surface area (Å²) in [5.74, 6) is -0.254. The fraction of sp³-hybridized carbons (Fsp3) is 0.381. The van der Waals surface area contributed by atoms with Crippen molar-refractivity contribution in [3.8, 4) is 0 Å². The van der Waals surface area contributed by atoms with Gasteiger partial charge in [-0.1, -0.05) is 0 Å². The van der Waals surface area contributed by atoms with Crippen molar-refractivity contribution in [1.82, 2.24) is 4.98 Å². The van der Waals surface area contributed by atoms with Gasteiger partial charge >= 0.3 is 6.09 Å². The second-order valence-electron chi connectivity index (χ2n) is 7.35. The van der Waals surface area contributed by atoms with Crippen LogP contribution in [0, 0.1) is 5.82 Å². The quantitative estimate of drug-likeness (QED) is 0.734. The number of hydrogen-bond donors (Lipinski definition) is 2. The Bertz CT molecular complexity index is 859. The Morgan fingerprint density at radius 3 is 2.31 bits per heavy atom. The molecule has 0 spiro atoms. The highest BCUT2D eigenvalue weighted by atomic mass is 19.1. The molecule has 0 saturated heterocycles. The van der Waals surface area contributed by atoms with Gasteiger partial charge in [-0.3, -0.25) is 10.1 Å². The van der Waals surface area contributed by atoms with Crippen LogP contribution in [0.15, 0.2) is 36.5 Å². The minimum atomic E-state index is -0.704. The first-order valence-electron chi connectivity index (χ1n) is 9.44. The Balaban J connectivity index is 2.17. The Labute approximate surface area is 170 Å². The zero-order valence-electron chi connectivity index (χ0n) is 17.4. The third kappa shape index (κ3) is 6.44. The van der Waals surface area contributed by atoms with E-state index >= 15 is 0 Å². The SMILES string of the molecule is CCN(CC)c1ccc(C(=O)Nc2cc(F)ccc2NC(=O)OC(C)(C)C)cn1. The number of rotatable bonds is 6. The predicted molar refractivity (Wildman–Crippen MR) is 112 cm³/mol. The van der Waals surface area contributed by atoms with Crippen molar-refractivity contribution in [2.24, 2.45) is 0 Å². The Morgan fingerprint density at radius 1 is 1.07 bits per heavy atom. The van der Waals surface area contributed by atoms with Crippen LogP contribution in [0.3, 0.4) is 0 Å². The lowest BCUT2D eigenvalue weighted by Crippen LogP contribution is -2.27. The number of aromatic nitrogens is 1. The van der Waals surface area contributed by atoms with Gasteiger partial charge in [0.25, 0.3) is 5.91 Å². The summed E-state index contributed by atoms with van der Waals surface area (Å²) in [6.07, 6.45) is 0.758. The second-order valence-corrected chi connectivity index (χ2v) is 7.35. The summed E-state index contributed by atoms with van der Waals surface area (Å²) >= 11 is 0. The number of benzene rings is 1. The van der Waals surface area contributed by atoms with E-state index in [9.17, 15) is 14.0 Å². The molecule has 0 saturated carbocycles. The fourth-order valence-electron chi connectivity index (χ4n) is 2.59. The lowest BCUT2D eigenvalue weighted by atomic mass is 10.2. The number of amides is 2. The summed E-state index contributed by atoms with van der Waals surface area (Å²) in [6, 6.07) is 7.07. The van der Waals surface area contributed by atoms with Crippen molar-refractivity contribution in [2.75, 3.05) is 28.6 Å². The molecule has 156 valence electrons. The van der Waals surface area contributed by atoms with Crippen LogP contribution in [0.1, 0.15) is 45.0 Å². The van der Waals surface area contributed by atoms with E-state index in [0.717, 1.165) is 25.0 Å². The van der Waals surface area contributed by atoms with E-state index in [1.54, 1.807) is 32.9 Å². The molecular weight excluding hydrogens is 375 g/mol. The molecule has 0 radical (unpaired) electrons. The van der Waals surface area contributed by atoms with E-state index < -0.39 is 23.4 Å². The molecule has 1 aromatic heterocycles. The molecule has 0 aliphatic carbocycles. The van der Waals surface area contributed by atoms with Crippen LogP contribution in [0.2, 0.25) is 0 Å². The Hall–Kier alpha value is -3.16. The fourth-order valence-corrected chi connectivity index (χ4v) is 2.59. The second kappa shape index (κ2) is 9.36. The van der Waals surface area contributed by atoms with Gasteiger partial charge in [0.1, 0.15) is 17.2 Å². The van der Waals surface area contributed by atoms with E-state index in [1.165, 1.54) is 18.3 Å². The van der Waals surface area contributed by atoms with Crippen LogP contribution in [-0.2, 0) is 4.74 Å². The zero-order valence-corrected chi connectivity index (χ0v) is 17.4. The number of pyridine rings is 1. The summed E-state index contributed by atoms with van der Waals surface area (Å²) in [5, 5.41) is 5.14. The molecule has 0 atom stereocenters. The summed E-state index contributed by atoms with van der Waals surface area (Å²) in [6.45, 7) is 10.8. The normalized spacial score (nSPS) is 11.0. The molecule has 2 rings (SSSR count). The average molecular weight is 402 g/mol. The van der Waals surface area contributed by atoms with Crippen LogP contribution in [0.5, 0.6) is 0 Å². The molecule has 0 aliphatic rings. The monoisotopic (exact) mass is 402 g/mol. The van der Waals surface area contributed by atoms with Gasteiger partial charge in [0.15, 0.2) is 0 Å². The highest BCUT2D eigenvalue weighted by Crippen LogP contribution is 2.24. The number of hydrogen-bond acceptors (Lipinski definition) is 5. The smallest absolute Gasteiger partial charge is 0.412 e. The number of halogens is 1. The van der Waals surface area contributed by atoms with E-state index in [-0.39, 0.29) is 11.4 Å². The average Bonchev–Trinajstić information content (AvgIpc) is 2.64. The molecule has 0 bridgehead atoms. The topological polar surface area (TPSA) is 83.6 Å². The Morgan fingerprint density at radius 2 is 1.76 bits per heavy atom. The molecule has 2 aromatic rings. The summed E-state index contributed by atoms with van der Waals surface area (Å²) in [5.41, 5.74) is -0.0324. The van der Waals surface area contributed by atoms with Gasteiger partial charge in [-0.25, -0.2) is 14.2 Å². The van der Waals surface area contributed by atoms with Crippen LogP contribution in [0.25, 0.3) is 0 Å². The van der Waals surface area contributed by atoms with Crippen LogP contribution in [-0.4, -0.2) is 35.7 Å². The zero-order chi connectivity index (χ0) is 21.6. The van der Waals surface area contributed by atoms with Gasteiger partial charge in [0.05, 0.1) is 16.9 Å². The first-order valence-corrected chi connectivity index (χ1v) is 9.44. The molecule has 1 heterocycles. The number of carbonyl (C=O) groups excluding carboxylic acids is 2. The molecule has 2 N–H and O–H groups in total. The van der Waals surface area contributed by atoms with Gasteiger partial charge in [-0.2, -0.15) is 0 Å². The largest absolute Gasteiger partial charge is 0.444 e. The van der Waals surface area contributed by atoms with Crippen molar-refractivity contribution in [3.05, 3.63) is 47.9 Å². The maximum absolute atomic E-state index is 13.7. The molecule has 7 nitrogen and oxygen atoms in total. The minimum Gasteiger partial charge on any atom is -0.444 e. The van der Waals surface area contributed by atoms with Gasteiger partial charge in [-0.05, 0) is 65.0 Å². The van der Waals surface area contributed by atoms with E-state index in [1.807, 2.05) is 13.8 Å². The number of nitrogens with zero attached hydrogens (tertiary/aromatic N) is 2. The van der Waals surface area contributed by atoms with Crippen molar-refractivity contribution in [1.29, 1.82) is 0 Å². The van der Waals surface area contributed by atoms with Gasteiger partial charge in [-0.15, -0.1) is 0 Å². The molecule has 0 aliphatic heterocycles. The number of anilines is 3. The predicted octanol–water partition coefficient (Wildman–Crippen LogP) is 4.67. The van der Waals surface area contributed by atoms with Crippen LogP contribution < -0.4 is 15.5 Å². The number of ether oxygens (including phenoxy) is 1. The standard InChI is InChI=1S/C21H27FN4O3/c1-6-26(7-2)18-11-8-14(13-23-18)19(27)24-17-12-15(22)9-10-16(17)25-20(28)29-21(3,4)5/h8-13H,6-7H2,1-5H3,(H,24,27)(H,25,28). The van der Waals surface area contributed by atoms with Gasteiger partial charge in [0, 0.05) is 19.3 Å². The third-order valence-corrected chi connectivity index (χ3v) is 3.96. The lowest BCUT2D eigenvalue weighted by Gasteiger charge is -2.21. The van der Waals surface area contributed by atoms with Crippen LogP contribution in [0.4, 0.5) is 26.4 Å². The molecule has 2 amide bonds. The van der Waals surface area contributed by atoms with Crippen molar-refractivity contribution in [2.45, 2.75) is 40.2 Å². The molecule has 8 heteroatoms. The number of nitrogens with one attached hydrogen (secondary N) is 2. The van der Waals surface area contributed by atoms with E-state index in [2.05, 4.69) is 20.5 Å². The molecule has 29 heavy (non-hydrogen) atoms. The third-order valence-electron chi connectivity index (χ3n) is 3.96. The van der Waals surface area contributed by atoms with E-state index in [0.29, 0.717) is 5.56 Å². The van der Waals surface area contributed by atoms with Crippen molar-refractivity contribution >= 4 is 29.2 Å². The molecule has 0 unspecified atom stereocenters. The molecule has 1 aromatic carbocycles.